The number of nitrogens with one attached hydrogen (secondary N) is 4. The van der Waals surface area contributed by atoms with Gasteiger partial charge in [-0.3, -0.25) is 4.79 Å². The van der Waals surface area contributed by atoms with E-state index in [0.29, 0.717) is 17.1 Å². The lowest BCUT2D eigenvalue weighted by atomic mass is 10.0. The number of amides is 3. The van der Waals surface area contributed by atoms with Gasteiger partial charge in [0.1, 0.15) is 10.3 Å². The molecular formula is C22H24N4O4S2. The van der Waals surface area contributed by atoms with Crippen molar-refractivity contribution in [1.82, 2.24) is 4.72 Å². The van der Waals surface area contributed by atoms with Gasteiger partial charge in [0.25, 0.3) is 10.0 Å². The number of hydrogen-bond acceptors (Lipinski definition) is 5. The quantitative estimate of drug-likeness (QED) is 0.390. The van der Waals surface area contributed by atoms with E-state index in [-0.39, 0.29) is 10.1 Å². The summed E-state index contributed by atoms with van der Waals surface area (Å²) in [4.78, 5) is 25.0. The Kier molecular flexibility index (Phi) is 7.62. The Morgan fingerprint density at radius 2 is 1.44 bits per heavy atom. The van der Waals surface area contributed by atoms with Crippen molar-refractivity contribution >= 4 is 50.4 Å². The molecule has 1 atom stereocenters. The maximum Gasteiger partial charge on any atom is 0.323 e. The third-order valence-corrected chi connectivity index (χ3v) is 7.25. The molecule has 4 N–H and O–H groups in total. The van der Waals surface area contributed by atoms with E-state index in [0.717, 1.165) is 11.3 Å². The fraction of sp³-hybridized carbons (Fsp3) is 0.182. The number of hydrogen-bond donors (Lipinski definition) is 4. The van der Waals surface area contributed by atoms with Gasteiger partial charge in [-0.25, -0.2) is 13.2 Å². The Morgan fingerprint density at radius 3 is 2.06 bits per heavy atom. The zero-order chi connectivity index (χ0) is 23.1. The zero-order valence-corrected chi connectivity index (χ0v) is 19.2. The standard InChI is InChI=1S/C22H24N4O4S2/c1-15(2)20(26-32(29,30)19-12-7-13-31-19)21(27)23-17-10-6-11-18(14-17)25-22(28)24-16-8-4-3-5-9-16/h3-15,20,26H,1-2H3,(H,23,27)(H2,24,25,28). The molecule has 0 bridgehead atoms. The Labute approximate surface area is 191 Å². The van der Waals surface area contributed by atoms with Crippen LogP contribution in [0.25, 0.3) is 0 Å². The van der Waals surface area contributed by atoms with Crippen LogP contribution in [0.15, 0.2) is 76.3 Å². The van der Waals surface area contributed by atoms with Crippen LogP contribution in [0.5, 0.6) is 0 Å². The number of carbonyl (C=O) groups excluding carboxylic acids is 2. The predicted octanol–water partition coefficient (Wildman–Crippen LogP) is 4.33. The molecule has 0 aliphatic heterocycles. The molecule has 168 valence electrons. The molecule has 1 heterocycles. The highest BCUT2D eigenvalue weighted by Gasteiger charge is 2.29. The van der Waals surface area contributed by atoms with E-state index in [1.165, 1.54) is 6.07 Å². The van der Waals surface area contributed by atoms with Crippen molar-refractivity contribution in [1.29, 1.82) is 0 Å². The first-order valence-corrected chi connectivity index (χ1v) is 12.2. The number of anilines is 3. The minimum atomic E-state index is -3.81. The molecule has 10 heteroatoms. The first-order valence-electron chi connectivity index (χ1n) is 9.84. The van der Waals surface area contributed by atoms with Crippen molar-refractivity contribution in [2.75, 3.05) is 16.0 Å². The molecule has 32 heavy (non-hydrogen) atoms. The number of sulfonamides is 1. The summed E-state index contributed by atoms with van der Waals surface area (Å²) in [5.41, 5.74) is 1.54. The van der Waals surface area contributed by atoms with Gasteiger partial charge in [0.05, 0.1) is 0 Å². The van der Waals surface area contributed by atoms with Gasteiger partial charge >= 0.3 is 6.03 Å². The number of rotatable bonds is 8. The van der Waals surface area contributed by atoms with Crippen LogP contribution in [-0.4, -0.2) is 26.4 Å². The van der Waals surface area contributed by atoms with Gasteiger partial charge in [-0.15, -0.1) is 11.3 Å². The van der Waals surface area contributed by atoms with E-state index in [4.69, 9.17) is 0 Å². The van der Waals surface area contributed by atoms with Crippen LogP contribution < -0.4 is 20.7 Å². The molecule has 3 rings (SSSR count). The van der Waals surface area contributed by atoms with Crippen molar-refractivity contribution in [2.24, 2.45) is 5.92 Å². The highest BCUT2D eigenvalue weighted by molar-refractivity contribution is 7.91. The van der Waals surface area contributed by atoms with Crippen LogP contribution in [0.1, 0.15) is 13.8 Å². The average Bonchev–Trinajstić information content (AvgIpc) is 3.29. The molecule has 3 aromatic rings. The topological polar surface area (TPSA) is 116 Å². The van der Waals surface area contributed by atoms with Crippen molar-refractivity contribution in [3.8, 4) is 0 Å². The maximum atomic E-state index is 12.8. The number of benzene rings is 2. The molecule has 8 nitrogen and oxygen atoms in total. The van der Waals surface area contributed by atoms with Gasteiger partial charge in [-0.2, -0.15) is 4.72 Å². The smallest absolute Gasteiger partial charge is 0.323 e. The molecule has 0 aliphatic rings. The molecule has 0 saturated carbocycles. The molecule has 1 unspecified atom stereocenters. The Hall–Kier alpha value is -3.21. The summed E-state index contributed by atoms with van der Waals surface area (Å²) in [6.07, 6.45) is 0. The first kappa shape index (κ1) is 23.5. The Balaban J connectivity index is 1.66. The monoisotopic (exact) mass is 472 g/mol. The molecule has 0 spiro atoms. The summed E-state index contributed by atoms with van der Waals surface area (Å²) in [7, 11) is -3.81. The fourth-order valence-corrected chi connectivity index (χ4v) is 5.20. The minimum absolute atomic E-state index is 0.145. The van der Waals surface area contributed by atoms with Gasteiger partial charge < -0.3 is 16.0 Å². The van der Waals surface area contributed by atoms with Crippen molar-refractivity contribution in [2.45, 2.75) is 24.1 Å². The largest absolute Gasteiger partial charge is 0.325 e. The number of thiophene rings is 1. The summed E-state index contributed by atoms with van der Waals surface area (Å²) >= 11 is 1.08. The molecular weight excluding hydrogens is 448 g/mol. The van der Waals surface area contributed by atoms with Crippen molar-refractivity contribution < 1.29 is 18.0 Å². The van der Waals surface area contributed by atoms with Gasteiger partial charge in [0.15, 0.2) is 0 Å². The molecule has 2 aromatic carbocycles. The maximum absolute atomic E-state index is 12.8. The first-order chi connectivity index (χ1) is 15.2. The van der Waals surface area contributed by atoms with Gasteiger partial charge in [0, 0.05) is 17.1 Å². The number of para-hydroxylation sites is 1. The van der Waals surface area contributed by atoms with Gasteiger partial charge in [-0.05, 0) is 47.7 Å². The molecule has 1 aromatic heterocycles. The minimum Gasteiger partial charge on any atom is -0.325 e. The average molecular weight is 473 g/mol. The van der Waals surface area contributed by atoms with Crippen molar-refractivity contribution in [3.05, 3.63) is 72.1 Å². The van der Waals surface area contributed by atoms with Gasteiger partial charge in [0.2, 0.25) is 5.91 Å². The Bertz CT molecular complexity index is 1160. The summed E-state index contributed by atoms with van der Waals surface area (Å²) < 4.78 is 27.7. The molecule has 0 fully saturated rings. The Morgan fingerprint density at radius 1 is 0.812 bits per heavy atom. The zero-order valence-electron chi connectivity index (χ0n) is 17.5. The van der Waals surface area contributed by atoms with Crippen LogP contribution in [0.4, 0.5) is 21.9 Å². The van der Waals surface area contributed by atoms with Crippen LogP contribution in [0, 0.1) is 5.92 Å². The van der Waals surface area contributed by atoms with Crippen LogP contribution in [-0.2, 0) is 14.8 Å². The van der Waals surface area contributed by atoms with Crippen LogP contribution in [0.2, 0.25) is 0 Å². The second-order valence-electron chi connectivity index (χ2n) is 7.29. The predicted molar refractivity (Wildman–Crippen MR) is 127 cm³/mol. The number of carbonyl (C=O) groups is 2. The molecule has 0 saturated heterocycles. The van der Waals surface area contributed by atoms with E-state index in [1.54, 1.807) is 61.7 Å². The lowest BCUT2D eigenvalue weighted by Gasteiger charge is -2.21. The molecule has 0 aliphatic carbocycles. The van der Waals surface area contributed by atoms with Gasteiger partial charge in [-0.1, -0.05) is 44.2 Å². The second-order valence-corrected chi connectivity index (χ2v) is 10.2. The fourth-order valence-electron chi connectivity index (χ4n) is 2.84. The molecule has 0 radical (unpaired) electrons. The van der Waals surface area contributed by atoms with E-state index in [2.05, 4.69) is 20.7 Å². The van der Waals surface area contributed by atoms with Crippen molar-refractivity contribution in [3.63, 3.8) is 0 Å². The summed E-state index contributed by atoms with van der Waals surface area (Å²) in [6.45, 7) is 3.51. The SMILES string of the molecule is CC(C)C(NS(=O)(=O)c1cccs1)C(=O)Nc1cccc(NC(=O)Nc2ccccc2)c1. The summed E-state index contributed by atoms with van der Waals surface area (Å²) in [5, 5.41) is 9.79. The second kappa shape index (κ2) is 10.4. The van der Waals surface area contributed by atoms with E-state index < -0.39 is 28.0 Å². The lowest BCUT2D eigenvalue weighted by molar-refractivity contribution is -0.118. The number of urea groups is 1. The highest BCUT2D eigenvalue weighted by Crippen LogP contribution is 2.20. The third kappa shape index (κ3) is 6.39. The van der Waals surface area contributed by atoms with Crippen LogP contribution in [0.3, 0.4) is 0 Å². The highest BCUT2D eigenvalue weighted by atomic mass is 32.2. The summed E-state index contributed by atoms with van der Waals surface area (Å²) in [6, 6.07) is 17.3. The normalized spacial score (nSPS) is 12.2. The summed E-state index contributed by atoms with van der Waals surface area (Å²) in [5.74, 6) is -0.784. The third-order valence-electron chi connectivity index (χ3n) is 4.41. The van der Waals surface area contributed by atoms with E-state index in [9.17, 15) is 18.0 Å². The van der Waals surface area contributed by atoms with E-state index >= 15 is 0 Å². The van der Waals surface area contributed by atoms with E-state index in [1.807, 2.05) is 18.2 Å². The van der Waals surface area contributed by atoms with Crippen LogP contribution >= 0.6 is 11.3 Å². The molecule has 3 amide bonds. The lowest BCUT2D eigenvalue weighted by Crippen LogP contribution is -2.46.